The van der Waals surface area contributed by atoms with Crippen molar-refractivity contribution in [3.8, 4) is 0 Å². The first-order valence-corrected chi connectivity index (χ1v) is 10.00. The van der Waals surface area contributed by atoms with Crippen molar-refractivity contribution >= 4 is 11.9 Å². The normalized spacial score (nSPS) is 12.3. The van der Waals surface area contributed by atoms with E-state index in [0.717, 1.165) is 24.0 Å². The van der Waals surface area contributed by atoms with Crippen LogP contribution in [0.15, 0.2) is 54.6 Å². The number of ether oxygens (including phenoxy) is 1. The van der Waals surface area contributed by atoms with Gasteiger partial charge in [-0.15, -0.1) is 0 Å². The Labute approximate surface area is 173 Å². The fourth-order valence-electron chi connectivity index (χ4n) is 2.82. The van der Waals surface area contributed by atoms with Gasteiger partial charge in [-0.3, -0.25) is 9.63 Å². The molecule has 1 N–H and O–H groups in total. The molecule has 0 aliphatic carbocycles. The molecule has 0 radical (unpaired) electrons. The van der Waals surface area contributed by atoms with Crippen molar-refractivity contribution < 1.29 is 19.2 Å². The molecule has 0 saturated heterocycles. The fourth-order valence-corrected chi connectivity index (χ4v) is 2.82. The highest BCUT2D eigenvalue weighted by Crippen LogP contribution is 2.17. The highest BCUT2D eigenvalue weighted by atomic mass is 16.6. The Hall–Kier alpha value is -2.66. The van der Waals surface area contributed by atoms with Crippen LogP contribution in [0.2, 0.25) is 0 Å². The summed E-state index contributed by atoms with van der Waals surface area (Å²) < 4.78 is 5.37. The molecule has 0 spiro atoms. The van der Waals surface area contributed by atoms with Gasteiger partial charge in [0.05, 0.1) is 12.2 Å². The average molecular weight is 398 g/mol. The summed E-state index contributed by atoms with van der Waals surface area (Å²) in [5, 5.41) is 0. The number of hydroxylamine groups is 1. The van der Waals surface area contributed by atoms with Gasteiger partial charge in [0.25, 0.3) is 0 Å². The van der Waals surface area contributed by atoms with Crippen molar-refractivity contribution in [2.24, 2.45) is 5.92 Å². The lowest BCUT2D eigenvalue weighted by molar-refractivity contribution is -0.134. The van der Waals surface area contributed by atoms with Gasteiger partial charge >= 0.3 is 5.97 Å². The molecule has 5 nitrogen and oxygen atoms in total. The van der Waals surface area contributed by atoms with Crippen LogP contribution in [0.5, 0.6) is 0 Å². The van der Waals surface area contributed by atoms with Crippen molar-refractivity contribution in [2.45, 2.75) is 59.2 Å². The quantitative estimate of drug-likeness (QED) is 0.485. The maximum absolute atomic E-state index is 12.1. The Morgan fingerprint density at radius 3 is 2.24 bits per heavy atom. The lowest BCUT2D eigenvalue weighted by Gasteiger charge is -2.19. The topological polar surface area (TPSA) is 64.6 Å². The third-order valence-electron chi connectivity index (χ3n) is 4.30. The predicted molar refractivity (Wildman–Crippen MR) is 113 cm³/mol. The molecular weight excluding hydrogens is 366 g/mol. The fraction of sp³-hybridized carbons (Fsp3) is 0.417. The van der Waals surface area contributed by atoms with Crippen LogP contribution in [-0.4, -0.2) is 17.5 Å². The average Bonchev–Trinajstić information content (AvgIpc) is 2.66. The minimum Gasteiger partial charge on any atom is -0.456 e. The number of esters is 1. The zero-order valence-electron chi connectivity index (χ0n) is 17.7. The first kappa shape index (κ1) is 22.6. The summed E-state index contributed by atoms with van der Waals surface area (Å²) in [6, 6.07) is 17.2. The molecule has 0 bridgehead atoms. The summed E-state index contributed by atoms with van der Waals surface area (Å²) >= 11 is 0. The van der Waals surface area contributed by atoms with Gasteiger partial charge < -0.3 is 4.74 Å². The predicted octanol–water partition coefficient (Wildman–Crippen LogP) is 4.85. The Bertz CT molecular complexity index is 779. The zero-order chi connectivity index (χ0) is 21.3. The van der Waals surface area contributed by atoms with Crippen LogP contribution in [0.4, 0.5) is 0 Å². The van der Waals surface area contributed by atoms with Gasteiger partial charge in [0, 0.05) is 6.42 Å². The molecule has 1 unspecified atom stereocenters. The van der Waals surface area contributed by atoms with Crippen LogP contribution in [0.1, 0.15) is 62.0 Å². The van der Waals surface area contributed by atoms with Crippen LogP contribution in [0.3, 0.4) is 0 Å². The molecule has 0 fully saturated rings. The van der Waals surface area contributed by atoms with Gasteiger partial charge in [-0.1, -0.05) is 49.4 Å². The number of carbonyl (C=O) groups excluding carboxylic acids is 2. The third kappa shape index (κ3) is 8.92. The van der Waals surface area contributed by atoms with E-state index in [0.29, 0.717) is 24.5 Å². The number of rotatable bonds is 9. The molecule has 1 atom stereocenters. The number of nitrogens with one attached hydrogen (secondary N) is 1. The summed E-state index contributed by atoms with van der Waals surface area (Å²) in [6.07, 6.45) is 2.01. The zero-order valence-corrected chi connectivity index (χ0v) is 17.7. The molecule has 156 valence electrons. The van der Waals surface area contributed by atoms with Gasteiger partial charge in [0.2, 0.25) is 5.91 Å². The third-order valence-corrected chi connectivity index (χ3v) is 4.30. The minimum atomic E-state index is -0.504. The second-order valence-electron chi connectivity index (χ2n) is 8.35. The Morgan fingerprint density at radius 2 is 1.62 bits per heavy atom. The first-order valence-electron chi connectivity index (χ1n) is 10.00. The monoisotopic (exact) mass is 397 g/mol. The molecule has 0 saturated carbocycles. The summed E-state index contributed by atoms with van der Waals surface area (Å²) in [5.74, 6) is -0.0976. The second kappa shape index (κ2) is 10.8. The van der Waals surface area contributed by atoms with E-state index in [1.54, 1.807) is 12.1 Å². The molecule has 2 rings (SSSR count). The second-order valence-corrected chi connectivity index (χ2v) is 8.35. The van der Waals surface area contributed by atoms with Gasteiger partial charge in [0.15, 0.2) is 0 Å². The molecule has 1 amide bonds. The standard InChI is InChI=1S/C24H31NO4/c1-18(10-15-22(26)25-28-17-20-8-6-5-7-9-20)16-19-11-13-21(14-12-19)23(27)29-24(2,3)4/h5-9,11-14,18H,10,15-17H2,1-4H3,(H,25,26). The minimum absolute atomic E-state index is 0.118. The van der Waals surface area contributed by atoms with Crippen molar-refractivity contribution in [1.29, 1.82) is 0 Å². The van der Waals surface area contributed by atoms with Crippen molar-refractivity contribution in [3.63, 3.8) is 0 Å². The van der Waals surface area contributed by atoms with Crippen LogP contribution < -0.4 is 5.48 Å². The van der Waals surface area contributed by atoms with E-state index in [2.05, 4.69) is 12.4 Å². The van der Waals surface area contributed by atoms with Crippen LogP contribution in [0, 0.1) is 5.92 Å². The molecule has 29 heavy (non-hydrogen) atoms. The van der Waals surface area contributed by atoms with E-state index >= 15 is 0 Å². The molecule has 0 aliphatic heterocycles. The van der Waals surface area contributed by atoms with Crippen LogP contribution in [-0.2, 0) is 27.4 Å². The Morgan fingerprint density at radius 1 is 0.966 bits per heavy atom. The summed E-state index contributed by atoms with van der Waals surface area (Å²) in [5.41, 5.74) is 4.68. The lowest BCUT2D eigenvalue weighted by atomic mass is 9.96. The SMILES string of the molecule is CC(CCC(=O)NOCc1ccccc1)Cc1ccc(C(=O)OC(C)(C)C)cc1. The highest BCUT2D eigenvalue weighted by Gasteiger charge is 2.17. The molecule has 0 heterocycles. The Balaban J connectivity index is 1.69. The molecule has 2 aromatic carbocycles. The number of benzene rings is 2. The van der Waals surface area contributed by atoms with E-state index in [-0.39, 0.29) is 11.9 Å². The van der Waals surface area contributed by atoms with Crippen molar-refractivity contribution in [3.05, 3.63) is 71.3 Å². The Kier molecular flexibility index (Phi) is 8.40. The molecule has 5 heteroatoms. The van der Waals surface area contributed by atoms with Crippen molar-refractivity contribution in [2.75, 3.05) is 0 Å². The van der Waals surface area contributed by atoms with Gasteiger partial charge in [-0.25, -0.2) is 10.3 Å². The van der Waals surface area contributed by atoms with E-state index in [4.69, 9.17) is 9.57 Å². The first-order chi connectivity index (χ1) is 13.7. The number of amides is 1. The van der Waals surface area contributed by atoms with E-state index in [9.17, 15) is 9.59 Å². The molecule has 0 aliphatic rings. The van der Waals surface area contributed by atoms with E-state index < -0.39 is 5.60 Å². The smallest absolute Gasteiger partial charge is 0.338 e. The maximum atomic E-state index is 12.1. The largest absolute Gasteiger partial charge is 0.456 e. The number of carbonyl (C=O) groups is 2. The maximum Gasteiger partial charge on any atom is 0.338 e. The van der Waals surface area contributed by atoms with Crippen LogP contribution >= 0.6 is 0 Å². The van der Waals surface area contributed by atoms with Crippen molar-refractivity contribution in [1.82, 2.24) is 5.48 Å². The molecule has 2 aromatic rings. The molecule has 0 aromatic heterocycles. The van der Waals surface area contributed by atoms with Gasteiger partial charge in [-0.05, 0) is 62.8 Å². The lowest BCUT2D eigenvalue weighted by Crippen LogP contribution is -2.24. The number of hydrogen-bond acceptors (Lipinski definition) is 4. The van der Waals surface area contributed by atoms with Crippen LogP contribution in [0.25, 0.3) is 0 Å². The number of hydrogen-bond donors (Lipinski definition) is 1. The van der Waals surface area contributed by atoms with Gasteiger partial charge in [-0.2, -0.15) is 0 Å². The summed E-state index contributed by atoms with van der Waals surface area (Å²) in [6.45, 7) is 8.02. The summed E-state index contributed by atoms with van der Waals surface area (Å²) in [4.78, 5) is 29.3. The molecular formula is C24H31NO4. The van der Waals surface area contributed by atoms with Gasteiger partial charge in [0.1, 0.15) is 5.60 Å². The summed E-state index contributed by atoms with van der Waals surface area (Å²) in [7, 11) is 0. The van der Waals surface area contributed by atoms with E-state index in [1.165, 1.54) is 0 Å². The highest BCUT2D eigenvalue weighted by molar-refractivity contribution is 5.89. The van der Waals surface area contributed by atoms with E-state index in [1.807, 2.05) is 63.2 Å².